The summed E-state index contributed by atoms with van der Waals surface area (Å²) in [6, 6.07) is 10.8. The third-order valence-corrected chi connectivity index (χ3v) is 3.84. The van der Waals surface area contributed by atoms with E-state index in [1.165, 1.54) is 50.6 Å². The van der Waals surface area contributed by atoms with E-state index in [0.717, 1.165) is 12.1 Å². The van der Waals surface area contributed by atoms with E-state index in [0.29, 0.717) is 11.5 Å². The van der Waals surface area contributed by atoms with Crippen molar-refractivity contribution < 1.29 is 32.5 Å². The molecule has 0 aromatic heterocycles. The van der Waals surface area contributed by atoms with Crippen LogP contribution in [-0.2, 0) is 5.60 Å². The van der Waals surface area contributed by atoms with Gasteiger partial charge >= 0.3 is 6.18 Å². The van der Waals surface area contributed by atoms with Crippen LogP contribution in [0.4, 0.5) is 13.2 Å². The summed E-state index contributed by atoms with van der Waals surface area (Å²) in [7, 11) is 2.77. The molecule has 1 atom stereocenters. The Morgan fingerprint density at radius 2 is 1.58 bits per heavy atom. The molecule has 5 nitrogen and oxygen atoms in total. The number of methoxy groups -OCH3 is 2. The van der Waals surface area contributed by atoms with Gasteiger partial charge in [-0.3, -0.25) is 4.79 Å². The van der Waals surface area contributed by atoms with Gasteiger partial charge in [-0.25, -0.2) is 0 Å². The van der Waals surface area contributed by atoms with Gasteiger partial charge in [-0.05, 0) is 17.7 Å². The molecule has 0 aliphatic carbocycles. The largest absolute Gasteiger partial charge is 0.497 e. The molecule has 8 heteroatoms. The van der Waals surface area contributed by atoms with Crippen molar-refractivity contribution >= 4 is 5.91 Å². The molecule has 0 fully saturated rings. The van der Waals surface area contributed by atoms with Gasteiger partial charge in [0.2, 0.25) is 5.60 Å². The van der Waals surface area contributed by atoms with Crippen LogP contribution >= 0.6 is 0 Å². The van der Waals surface area contributed by atoms with Crippen molar-refractivity contribution in [3.05, 3.63) is 59.7 Å². The van der Waals surface area contributed by atoms with Crippen molar-refractivity contribution in [1.29, 1.82) is 0 Å². The number of aliphatic hydroxyl groups is 1. The first-order valence-corrected chi connectivity index (χ1v) is 7.57. The fourth-order valence-electron chi connectivity index (χ4n) is 2.33. The predicted molar refractivity (Wildman–Crippen MR) is 88.3 cm³/mol. The predicted octanol–water partition coefficient (Wildman–Crippen LogP) is 2.88. The van der Waals surface area contributed by atoms with Crippen LogP contribution in [-0.4, -0.2) is 38.0 Å². The molecular formula is C18H18F3NO4. The topological polar surface area (TPSA) is 67.8 Å². The van der Waals surface area contributed by atoms with E-state index in [2.05, 4.69) is 5.32 Å². The number of amides is 1. The highest BCUT2D eigenvalue weighted by atomic mass is 19.4. The summed E-state index contributed by atoms with van der Waals surface area (Å²) in [5.74, 6) is -0.187. The minimum Gasteiger partial charge on any atom is -0.497 e. The molecular weight excluding hydrogens is 351 g/mol. The van der Waals surface area contributed by atoms with Gasteiger partial charge in [0.05, 0.1) is 20.8 Å². The molecule has 2 N–H and O–H groups in total. The molecule has 0 saturated carbocycles. The van der Waals surface area contributed by atoms with Crippen molar-refractivity contribution in [2.45, 2.75) is 11.8 Å². The Morgan fingerprint density at radius 1 is 1.04 bits per heavy atom. The van der Waals surface area contributed by atoms with Crippen LogP contribution in [0, 0.1) is 0 Å². The summed E-state index contributed by atoms with van der Waals surface area (Å²) in [4.78, 5) is 12.3. The zero-order valence-corrected chi connectivity index (χ0v) is 14.1. The molecule has 26 heavy (non-hydrogen) atoms. The van der Waals surface area contributed by atoms with Crippen molar-refractivity contribution in [3.63, 3.8) is 0 Å². The Morgan fingerprint density at radius 3 is 2.04 bits per heavy atom. The first-order chi connectivity index (χ1) is 12.2. The zero-order chi connectivity index (χ0) is 19.4. The second-order valence-corrected chi connectivity index (χ2v) is 5.51. The van der Waals surface area contributed by atoms with Crippen molar-refractivity contribution in [1.82, 2.24) is 5.32 Å². The smallest absolute Gasteiger partial charge is 0.423 e. The average molecular weight is 369 g/mol. The Labute approximate surface area is 148 Å². The van der Waals surface area contributed by atoms with E-state index >= 15 is 0 Å². The minimum absolute atomic E-state index is 0.0405. The van der Waals surface area contributed by atoms with E-state index in [4.69, 9.17) is 9.47 Å². The SMILES string of the molecule is COc1cc(OC)cc(C(=O)NC[C@](O)(c2ccccc2)C(F)(F)F)c1. The lowest BCUT2D eigenvalue weighted by molar-refractivity contribution is -0.263. The lowest BCUT2D eigenvalue weighted by atomic mass is 9.93. The second kappa shape index (κ2) is 7.65. The van der Waals surface area contributed by atoms with Gasteiger partial charge in [-0.2, -0.15) is 13.2 Å². The fourth-order valence-corrected chi connectivity index (χ4v) is 2.33. The molecule has 0 bridgehead atoms. The first kappa shape index (κ1) is 19.6. The monoisotopic (exact) mass is 369 g/mol. The van der Waals surface area contributed by atoms with Crippen LogP contribution in [0.15, 0.2) is 48.5 Å². The molecule has 2 aromatic rings. The van der Waals surface area contributed by atoms with Gasteiger partial charge in [0, 0.05) is 11.6 Å². The molecule has 1 amide bonds. The molecule has 0 heterocycles. The van der Waals surface area contributed by atoms with Crippen molar-refractivity contribution in [3.8, 4) is 11.5 Å². The molecule has 0 saturated heterocycles. The van der Waals surface area contributed by atoms with Crippen LogP contribution in [0.5, 0.6) is 11.5 Å². The standard InChI is InChI=1S/C18H18F3NO4/c1-25-14-8-12(9-15(10-14)26-2)16(23)22-11-17(24,18(19,20)21)13-6-4-3-5-7-13/h3-10,24H,11H2,1-2H3,(H,22,23)/t17-/m0/s1. The molecule has 0 unspecified atom stereocenters. The number of benzene rings is 2. The van der Waals surface area contributed by atoms with E-state index in [9.17, 15) is 23.1 Å². The van der Waals surface area contributed by atoms with Gasteiger partial charge in [-0.1, -0.05) is 30.3 Å². The maximum Gasteiger partial charge on any atom is 0.423 e. The first-order valence-electron chi connectivity index (χ1n) is 7.57. The molecule has 2 rings (SSSR count). The molecule has 140 valence electrons. The molecule has 0 spiro atoms. The average Bonchev–Trinajstić information content (AvgIpc) is 2.65. The van der Waals surface area contributed by atoms with Gasteiger partial charge in [-0.15, -0.1) is 0 Å². The van der Waals surface area contributed by atoms with Crippen LogP contribution < -0.4 is 14.8 Å². The van der Waals surface area contributed by atoms with E-state index in [-0.39, 0.29) is 11.1 Å². The summed E-state index contributed by atoms with van der Waals surface area (Å²) in [5, 5.41) is 12.4. The summed E-state index contributed by atoms with van der Waals surface area (Å²) in [5.41, 5.74) is -3.54. The number of rotatable bonds is 6. The molecule has 0 radical (unpaired) electrons. The highest BCUT2D eigenvalue weighted by Gasteiger charge is 2.55. The second-order valence-electron chi connectivity index (χ2n) is 5.51. The van der Waals surface area contributed by atoms with Crippen LogP contribution in [0.3, 0.4) is 0 Å². The fraction of sp³-hybridized carbons (Fsp3) is 0.278. The highest BCUT2D eigenvalue weighted by molar-refractivity contribution is 5.95. The summed E-state index contributed by atoms with van der Waals surface area (Å²) in [6.07, 6.45) is -4.98. The minimum atomic E-state index is -4.98. The Bertz CT molecular complexity index is 743. The summed E-state index contributed by atoms with van der Waals surface area (Å²) in [6.45, 7) is -1.04. The quantitative estimate of drug-likeness (QED) is 0.822. The lowest BCUT2D eigenvalue weighted by Gasteiger charge is -2.31. The van der Waals surface area contributed by atoms with E-state index in [1.54, 1.807) is 0 Å². The number of alkyl halides is 3. The third-order valence-electron chi connectivity index (χ3n) is 3.84. The number of ether oxygens (including phenoxy) is 2. The van der Waals surface area contributed by atoms with Crippen LogP contribution in [0.2, 0.25) is 0 Å². The van der Waals surface area contributed by atoms with Gasteiger partial charge in [0.15, 0.2) is 0 Å². The number of hydrogen-bond donors (Lipinski definition) is 2. The third kappa shape index (κ3) is 4.08. The number of halogens is 3. The number of carbonyl (C=O) groups is 1. The van der Waals surface area contributed by atoms with Gasteiger partial charge < -0.3 is 19.9 Å². The molecule has 2 aromatic carbocycles. The number of nitrogens with one attached hydrogen (secondary N) is 1. The Balaban J connectivity index is 2.26. The lowest BCUT2D eigenvalue weighted by Crippen LogP contribution is -2.51. The van der Waals surface area contributed by atoms with E-state index < -0.39 is 24.2 Å². The summed E-state index contributed by atoms with van der Waals surface area (Å²) < 4.78 is 50.4. The van der Waals surface area contributed by atoms with Crippen molar-refractivity contribution in [2.75, 3.05) is 20.8 Å². The van der Waals surface area contributed by atoms with Gasteiger partial charge in [0.25, 0.3) is 5.91 Å². The maximum absolute atomic E-state index is 13.4. The maximum atomic E-state index is 13.4. The van der Waals surface area contributed by atoms with Gasteiger partial charge in [0.1, 0.15) is 11.5 Å². The summed E-state index contributed by atoms with van der Waals surface area (Å²) >= 11 is 0. The number of hydrogen-bond acceptors (Lipinski definition) is 4. The molecule has 0 aliphatic rings. The highest BCUT2D eigenvalue weighted by Crippen LogP contribution is 2.38. The zero-order valence-electron chi connectivity index (χ0n) is 14.1. The van der Waals surface area contributed by atoms with E-state index in [1.807, 2.05) is 0 Å². The Kier molecular flexibility index (Phi) is 5.76. The van der Waals surface area contributed by atoms with Crippen LogP contribution in [0.25, 0.3) is 0 Å². The number of carbonyl (C=O) groups excluding carboxylic acids is 1. The van der Waals surface area contributed by atoms with Crippen LogP contribution in [0.1, 0.15) is 15.9 Å². The molecule has 0 aliphatic heterocycles. The van der Waals surface area contributed by atoms with Crippen molar-refractivity contribution in [2.24, 2.45) is 0 Å². The Hall–Kier alpha value is -2.74. The normalized spacial score (nSPS) is 13.6.